The van der Waals surface area contributed by atoms with Gasteiger partial charge in [0, 0.05) is 13.1 Å². The molecule has 3 N–H and O–H groups in total. The molecule has 0 aromatic heterocycles. The third-order valence-corrected chi connectivity index (χ3v) is 5.98. The fraction of sp³-hybridized carbons (Fsp3) is 0.538. The minimum Gasteiger partial charge on any atom is -0.437 e. The molecular formula is C26H43BN4O. The van der Waals surface area contributed by atoms with Gasteiger partial charge in [0.25, 0.3) is 0 Å². The van der Waals surface area contributed by atoms with Crippen molar-refractivity contribution in [1.29, 1.82) is 0 Å². The summed E-state index contributed by atoms with van der Waals surface area (Å²) in [4.78, 5) is 7.22. The number of rotatable bonds is 17. The molecule has 0 fully saturated rings. The van der Waals surface area contributed by atoms with Gasteiger partial charge in [-0.3, -0.25) is 9.80 Å². The predicted molar refractivity (Wildman–Crippen MR) is 137 cm³/mol. The molecule has 5 nitrogen and oxygen atoms in total. The molecule has 0 bridgehead atoms. The third-order valence-electron chi connectivity index (χ3n) is 5.98. The standard InChI is InChI=1S/C26H43BN4O/c1-3-31(27(2)32)22-12-21-30(24-26-15-8-5-9-16-26)20-11-19-29(18-10-17-28)23-25-13-6-4-7-14-25/h4-9,13-16,32H,3,10-12,17-24,28H2,1-2H3. The zero-order valence-electron chi connectivity index (χ0n) is 20.2. The average molecular weight is 438 g/mol. The van der Waals surface area contributed by atoms with Crippen molar-refractivity contribution in [2.75, 3.05) is 45.8 Å². The van der Waals surface area contributed by atoms with E-state index in [2.05, 4.69) is 82.2 Å². The van der Waals surface area contributed by atoms with Crippen LogP contribution in [0.2, 0.25) is 6.82 Å². The highest BCUT2D eigenvalue weighted by Crippen LogP contribution is 2.09. The summed E-state index contributed by atoms with van der Waals surface area (Å²) in [6, 6.07) is 21.5. The van der Waals surface area contributed by atoms with E-state index in [9.17, 15) is 5.02 Å². The maximum Gasteiger partial charge on any atom is 0.376 e. The highest BCUT2D eigenvalue weighted by Gasteiger charge is 2.14. The lowest BCUT2D eigenvalue weighted by molar-refractivity contribution is 0.210. The molecular weight excluding hydrogens is 395 g/mol. The van der Waals surface area contributed by atoms with Gasteiger partial charge in [0.2, 0.25) is 0 Å². The highest BCUT2D eigenvalue weighted by molar-refractivity contribution is 6.45. The van der Waals surface area contributed by atoms with Gasteiger partial charge in [-0.1, -0.05) is 67.6 Å². The molecule has 0 aliphatic heterocycles. The van der Waals surface area contributed by atoms with Crippen LogP contribution in [0.1, 0.15) is 37.3 Å². The first-order valence-corrected chi connectivity index (χ1v) is 12.3. The Balaban J connectivity index is 1.89. The highest BCUT2D eigenvalue weighted by atomic mass is 16.2. The molecule has 0 heterocycles. The molecule has 2 rings (SSSR count). The van der Waals surface area contributed by atoms with Crippen molar-refractivity contribution in [3.05, 3.63) is 71.8 Å². The minimum absolute atomic E-state index is 0.378. The van der Waals surface area contributed by atoms with Crippen LogP contribution in [0.25, 0.3) is 0 Å². The lowest BCUT2D eigenvalue weighted by atomic mass is 9.85. The Hall–Kier alpha value is -1.70. The second-order valence-electron chi connectivity index (χ2n) is 8.63. The SMILES string of the molecule is CCN(CCCN(CCCN(CCCN)Cc1ccccc1)Cc1ccccc1)B(C)O. The van der Waals surface area contributed by atoms with E-state index in [4.69, 9.17) is 5.73 Å². The smallest absolute Gasteiger partial charge is 0.376 e. The topological polar surface area (TPSA) is 56.0 Å². The molecule has 2 aromatic rings. The Morgan fingerprint density at radius 3 is 1.56 bits per heavy atom. The van der Waals surface area contributed by atoms with Crippen LogP contribution in [0.4, 0.5) is 0 Å². The summed E-state index contributed by atoms with van der Waals surface area (Å²) in [5, 5.41) is 9.90. The molecule has 0 radical (unpaired) electrons. The van der Waals surface area contributed by atoms with E-state index in [1.807, 2.05) is 6.82 Å². The van der Waals surface area contributed by atoms with Crippen molar-refractivity contribution < 1.29 is 5.02 Å². The van der Waals surface area contributed by atoms with Crippen LogP contribution in [0, 0.1) is 0 Å². The number of hydrogen-bond donors (Lipinski definition) is 2. The van der Waals surface area contributed by atoms with Crippen LogP contribution in [0.5, 0.6) is 0 Å². The summed E-state index contributed by atoms with van der Waals surface area (Å²) in [5.41, 5.74) is 8.51. The lowest BCUT2D eigenvalue weighted by Crippen LogP contribution is -2.39. The van der Waals surface area contributed by atoms with Gasteiger partial charge in [-0.15, -0.1) is 0 Å². The van der Waals surface area contributed by atoms with Crippen LogP contribution in [-0.2, 0) is 13.1 Å². The Morgan fingerprint density at radius 2 is 1.16 bits per heavy atom. The summed E-state index contributed by atoms with van der Waals surface area (Å²) in [6.45, 7) is 12.7. The van der Waals surface area contributed by atoms with Crippen molar-refractivity contribution in [1.82, 2.24) is 14.6 Å². The summed E-state index contributed by atoms with van der Waals surface area (Å²) < 4.78 is 0. The molecule has 6 heteroatoms. The van der Waals surface area contributed by atoms with Crippen LogP contribution >= 0.6 is 0 Å². The molecule has 0 atom stereocenters. The van der Waals surface area contributed by atoms with E-state index in [0.717, 1.165) is 78.2 Å². The van der Waals surface area contributed by atoms with Crippen molar-refractivity contribution in [2.45, 2.75) is 46.1 Å². The van der Waals surface area contributed by atoms with Crippen LogP contribution in [-0.4, -0.2) is 72.5 Å². The van der Waals surface area contributed by atoms with E-state index >= 15 is 0 Å². The van der Waals surface area contributed by atoms with Crippen molar-refractivity contribution in [2.24, 2.45) is 5.73 Å². The van der Waals surface area contributed by atoms with E-state index < -0.39 is 0 Å². The van der Waals surface area contributed by atoms with Crippen molar-refractivity contribution >= 4 is 7.05 Å². The van der Waals surface area contributed by atoms with Gasteiger partial charge >= 0.3 is 7.05 Å². The Bertz CT molecular complexity index is 701. The molecule has 2 aromatic carbocycles. The number of hydrogen-bond acceptors (Lipinski definition) is 5. The second kappa shape index (κ2) is 16.0. The van der Waals surface area contributed by atoms with Crippen LogP contribution in [0.15, 0.2) is 60.7 Å². The van der Waals surface area contributed by atoms with E-state index in [1.54, 1.807) is 0 Å². The van der Waals surface area contributed by atoms with Gasteiger partial charge in [0.05, 0.1) is 0 Å². The molecule has 0 saturated carbocycles. The van der Waals surface area contributed by atoms with Crippen LogP contribution < -0.4 is 5.73 Å². The zero-order valence-corrected chi connectivity index (χ0v) is 20.2. The molecule has 0 amide bonds. The van der Waals surface area contributed by atoms with E-state index in [-0.39, 0.29) is 7.05 Å². The fourth-order valence-electron chi connectivity index (χ4n) is 4.16. The normalized spacial score (nSPS) is 11.6. The number of benzene rings is 2. The van der Waals surface area contributed by atoms with Gasteiger partial charge < -0.3 is 15.6 Å². The Kier molecular flexibility index (Phi) is 13.3. The molecule has 0 unspecified atom stereocenters. The number of nitrogens with zero attached hydrogens (tertiary/aromatic N) is 3. The van der Waals surface area contributed by atoms with Crippen molar-refractivity contribution in [3.8, 4) is 0 Å². The number of nitrogens with two attached hydrogens (primary N) is 1. The zero-order chi connectivity index (χ0) is 23.0. The summed E-state index contributed by atoms with van der Waals surface area (Å²) in [6.07, 6.45) is 3.23. The Labute approximate surface area is 196 Å². The van der Waals surface area contributed by atoms with E-state index in [0.29, 0.717) is 0 Å². The van der Waals surface area contributed by atoms with Gasteiger partial charge in [0.1, 0.15) is 0 Å². The summed E-state index contributed by atoms with van der Waals surface area (Å²) in [5.74, 6) is 0. The Morgan fingerprint density at radius 1 is 0.719 bits per heavy atom. The molecule has 0 aliphatic carbocycles. The quantitative estimate of drug-likeness (QED) is 0.370. The second-order valence-corrected chi connectivity index (χ2v) is 8.63. The summed E-state index contributed by atoms with van der Waals surface area (Å²) in [7, 11) is -0.378. The first kappa shape index (κ1) is 26.6. The summed E-state index contributed by atoms with van der Waals surface area (Å²) >= 11 is 0. The molecule has 0 aliphatic rings. The largest absolute Gasteiger partial charge is 0.437 e. The molecule has 0 saturated heterocycles. The lowest BCUT2D eigenvalue weighted by Gasteiger charge is -2.27. The maximum atomic E-state index is 9.90. The fourth-order valence-corrected chi connectivity index (χ4v) is 4.16. The van der Waals surface area contributed by atoms with Gasteiger partial charge in [-0.05, 0) is 83.0 Å². The van der Waals surface area contributed by atoms with Crippen molar-refractivity contribution in [3.63, 3.8) is 0 Å². The molecule has 176 valence electrons. The molecule has 0 spiro atoms. The maximum absolute atomic E-state index is 9.90. The molecule has 32 heavy (non-hydrogen) atoms. The first-order valence-electron chi connectivity index (χ1n) is 12.3. The third kappa shape index (κ3) is 10.8. The minimum atomic E-state index is -0.378. The average Bonchev–Trinajstić information content (AvgIpc) is 2.81. The van der Waals surface area contributed by atoms with Gasteiger partial charge in [0.15, 0.2) is 0 Å². The first-order chi connectivity index (χ1) is 15.6. The monoisotopic (exact) mass is 438 g/mol. The van der Waals surface area contributed by atoms with Gasteiger partial charge in [-0.2, -0.15) is 0 Å². The van der Waals surface area contributed by atoms with Gasteiger partial charge in [-0.25, -0.2) is 0 Å². The predicted octanol–water partition coefficient (Wildman–Crippen LogP) is 3.55. The van der Waals surface area contributed by atoms with E-state index in [1.165, 1.54) is 11.1 Å². The van der Waals surface area contributed by atoms with Crippen LogP contribution in [0.3, 0.4) is 0 Å².